The first kappa shape index (κ1) is 21.6. The zero-order chi connectivity index (χ0) is 21.8. The molecule has 3 aliphatic heterocycles. The minimum atomic E-state index is -4.03. The van der Waals surface area contributed by atoms with Crippen LogP contribution in [0.3, 0.4) is 0 Å². The van der Waals surface area contributed by atoms with Gasteiger partial charge in [0.05, 0.1) is 17.3 Å². The standard InChI is InChI=1S/C19H29F2N5O3S/c1-13(2)24-9-15-10-25(12-19(15,11-24)17(27)23-6-4-5-7-23)30(28,29)16-8-22-26(14(16)3)18(20)21/h8,13,15,18H,4-7,9-12H2,1-3H3/t15-,19-/m0/s1. The minimum Gasteiger partial charge on any atom is -0.342 e. The SMILES string of the molecule is Cc1c(S(=O)(=O)N2C[C@@H]3CN(C(C)C)C[C@]3(C(=O)N3CCCC3)C2)cnn1C(F)F. The van der Waals surface area contributed by atoms with E-state index in [9.17, 15) is 22.0 Å². The molecule has 0 radical (unpaired) electrons. The second-order valence-electron chi connectivity index (χ2n) is 8.99. The molecule has 3 fully saturated rings. The van der Waals surface area contributed by atoms with Gasteiger partial charge in [-0.05, 0) is 33.6 Å². The molecule has 168 valence electrons. The molecule has 11 heteroatoms. The van der Waals surface area contributed by atoms with Crippen LogP contribution in [-0.2, 0) is 14.8 Å². The fraction of sp³-hybridized carbons (Fsp3) is 0.789. The van der Waals surface area contributed by atoms with Crippen LogP contribution in [0.15, 0.2) is 11.1 Å². The van der Waals surface area contributed by atoms with Gasteiger partial charge in [-0.3, -0.25) is 9.69 Å². The molecule has 0 N–H and O–H groups in total. The number of alkyl halides is 2. The third-order valence-electron chi connectivity index (χ3n) is 6.96. The lowest BCUT2D eigenvalue weighted by atomic mass is 9.79. The summed E-state index contributed by atoms with van der Waals surface area (Å²) in [6.45, 7) is 5.46. The molecule has 0 saturated carbocycles. The summed E-state index contributed by atoms with van der Waals surface area (Å²) in [4.78, 5) is 17.4. The van der Waals surface area contributed by atoms with Crippen molar-refractivity contribution in [3.8, 4) is 0 Å². The molecule has 4 heterocycles. The maximum Gasteiger partial charge on any atom is 0.333 e. The van der Waals surface area contributed by atoms with Crippen LogP contribution in [0.25, 0.3) is 0 Å². The Morgan fingerprint density at radius 3 is 2.43 bits per heavy atom. The van der Waals surface area contributed by atoms with Crippen LogP contribution in [0.1, 0.15) is 38.9 Å². The zero-order valence-corrected chi connectivity index (χ0v) is 18.4. The van der Waals surface area contributed by atoms with Gasteiger partial charge in [0.25, 0.3) is 0 Å². The van der Waals surface area contributed by atoms with Crippen molar-refractivity contribution in [1.82, 2.24) is 23.9 Å². The second-order valence-corrected chi connectivity index (χ2v) is 10.9. The summed E-state index contributed by atoms with van der Waals surface area (Å²) >= 11 is 0. The first-order valence-corrected chi connectivity index (χ1v) is 11.9. The number of sulfonamides is 1. The Morgan fingerprint density at radius 2 is 1.87 bits per heavy atom. The summed E-state index contributed by atoms with van der Waals surface area (Å²) in [6, 6.07) is 0.260. The van der Waals surface area contributed by atoms with Gasteiger partial charge in [-0.1, -0.05) is 0 Å². The van der Waals surface area contributed by atoms with Crippen molar-refractivity contribution >= 4 is 15.9 Å². The summed E-state index contributed by atoms with van der Waals surface area (Å²) < 4.78 is 54.5. The summed E-state index contributed by atoms with van der Waals surface area (Å²) in [7, 11) is -4.03. The average molecular weight is 446 g/mol. The molecule has 4 rings (SSSR count). The molecule has 30 heavy (non-hydrogen) atoms. The van der Waals surface area contributed by atoms with Crippen LogP contribution in [-0.4, -0.2) is 83.5 Å². The van der Waals surface area contributed by atoms with Gasteiger partial charge in [-0.2, -0.15) is 18.2 Å². The van der Waals surface area contributed by atoms with Crippen LogP contribution in [0.5, 0.6) is 0 Å². The van der Waals surface area contributed by atoms with E-state index >= 15 is 0 Å². The van der Waals surface area contributed by atoms with Crippen LogP contribution in [0, 0.1) is 18.3 Å². The molecule has 8 nitrogen and oxygen atoms in total. The van der Waals surface area contributed by atoms with Crippen molar-refractivity contribution in [2.24, 2.45) is 11.3 Å². The summed E-state index contributed by atoms with van der Waals surface area (Å²) in [6.07, 6.45) is 2.92. The van der Waals surface area contributed by atoms with Crippen molar-refractivity contribution in [3.05, 3.63) is 11.9 Å². The van der Waals surface area contributed by atoms with Gasteiger partial charge in [0.1, 0.15) is 4.90 Å². The number of hydrogen-bond donors (Lipinski definition) is 0. The maximum absolute atomic E-state index is 13.6. The van der Waals surface area contributed by atoms with E-state index in [0.717, 1.165) is 19.0 Å². The topological polar surface area (TPSA) is 78.8 Å². The van der Waals surface area contributed by atoms with Gasteiger partial charge in [0.15, 0.2) is 0 Å². The number of likely N-dealkylation sites (tertiary alicyclic amines) is 2. The third-order valence-corrected chi connectivity index (χ3v) is 8.87. The molecule has 0 spiro atoms. The van der Waals surface area contributed by atoms with Crippen molar-refractivity contribution < 1.29 is 22.0 Å². The lowest BCUT2D eigenvalue weighted by molar-refractivity contribution is -0.141. The predicted molar refractivity (Wildman–Crippen MR) is 105 cm³/mol. The number of carbonyl (C=O) groups excluding carboxylic acids is 1. The Labute approximate surface area is 175 Å². The number of halogens is 2. The van der Waals surface area contributed by atoms with Crippen molar-refractivity contribution in [2.75, 3.05) is 39.3 Å². The molecule has 2 atom stereocenters. The number of fused-ring (bicyclic) bond motifs is 1. The fourth-order valence-corrected chi connectivity index (χ4v) is 6.87. The van der Waals surface area contributed by atoms with Gasteiger partial charge < -0.3 is 4.90 Å². The smallest absolute Gasteiger partial charge is 0.333 e. The van der Waals surface area contributed by atoms with E-state index in [1.54, 1.807) is 0 Å². The van der Waals surface area contributed by atoms with E-state index in [2.05, 4.69) is 23.8 Å². The third kappa shape index (κ3) is 3.25. The van der Waals surface area contributed by atoms with E-state index in [1.807, 2.05) is 4.90 Å². The normalized spacial score (nSPS) is 28.2. The first-order valence-electron chi connectivity index (χ1n) is 10.4. The molecule has 3 aliphatic rings. The van der Waals surface area contributed by atoms with Crippen molar-refractivity contribution in [2.45, 2.75) is 51.1 Å². The van der Waals surface area contributed by atoms with E-state index in [0.29, 0.717) is 30.9 Å². The van der Waals surface area contributed by atoms with Crippen molar-refractivity contribution in [3.63, 3.8) is 0 Å². The lowest BCUT2D eigenvalue weighted by Crippen LogP contribution is -2.49. The van der Waals surface area contributed by atoms with Gasteiger partial charge in [0.2, 0.25) is 15.9 Å². The van der Waals surface area contributed by atoms with Gasteiger partial charge in [-0.25, -0.2) is 13.1 Å². The maximum atomic E-state index is 13.6. The van der Waals surface area contributed by atoms with Crippen LogP contribution in [0.2, 0.25) is 0 Å². The van der Waals surface area contributed by atoms with Gasteiger partial charge >= 0.3 is 6.55 Å². The van der Waals surface area contributed by atoms with Gasteiger partial charge in [0, 0.05) is 51.2 Å². The van der Waals surface area contributed by atoms with Gasteiger partial charge in [-0.15, -0.1) is 0 Å². The zero-order valence-electron chi connectivity index (χ0n) is 17.6. The summed E-state index contributed by atoms with van der Waals surface area (Å²) in [5.74, 6) is -0.0842. The first-order chi connectivity index (χ1) is 14.1. The number of rotatable bonds is 5. The average Bonchev–Trinajstić information content (AvgIpc) is 3.42. The highest BCUT2D eigenvalue weighted by Crippen LogP contribution is 2.46. The highest BCUT2D eigenvalue weighted by Gasteiger charge is 2.60. The second kappa shape index (κ2) is 7.52. The molecular formula is C19H29F2N5O3S. The summed E-state index contributed by atoms with van der Waals surface area (Å²) in [5, 5.41) is 3.55. The molecule has 1 aromatic heterocycles. The predicted octanol–water partition coefficient (Wildman–Crippen LogP) is 1.54. The van der Waals surface area contributed by atoms with Crippen LogP contribution < -0.4 is 0 Å². The highest BCUT2D eigenvalue weighted by atomic mass is 32.2. The quantitative estimate of drug-likeness (QED) is 0.687. The largest absolute Gasteiger partial charge is 0.342 e. The number of carbonyl (C=O) groups is 1. The monoisotopic (exact) mass is 445 g/mol. The number of aromatic nitrogens is 2. The van der Waals surface area contributed by atoms with Crippen LogP contribution in [0.4, 0.5) is 8.78 Å². The lowest BCUT2D eigenvalue weighted by Gasteiger charge is -2.33. The minimum absolute atomic E-state index is 0.0332. The molecule has 0 bridgehead atoms. The van der Waals surface area contributed by atoms with Crippen molar-refractivity contribution in [1.29, 1.82) is 0 Å². The molecule has 3 saturated heterocycles. The number of hydrogen-bond acceptors (Lipinski definition) is 5. The molecule has 0 unspecified atom stereocenters. The Hall–Kier alpha value is -1.59. The molecule has 1 amide bonds. The molecule has 1 aromatic rings. The summed E-state index contributed by atoms with van der Waals surface area (Å²) in [5.41, 5.74) is -0.875. The molecule has 0 aromatic carbocycles. The van der Waals surface area contributed by atoms with E-state index in [4.69, 9.17) is 0 Å². The fourth-order valence-electron chi connectivity index (χ4n) is 5.17. The Morgan fingerprint density at radius 1 is 1.20 bits per heavy atom. The van der Waals surface area contributed by atoms with E-state index < -0.39 is 22.0 Å². The highest BCUT2D eigenvalue weighted by molar-refractivity contribution is 7.89. The molecular weight excluding hydrogens is 416 g/mol. The Balaban J connectivity index is 1.66. The van der Waals surface area contributed by atoms with E-state index in [1.165, 1.54) is 11.2 Å². The number of amides is 1. The molecule has 0 aliphatic carbocycles. The Kier molecular flexibility index (Phi) is 5.43. The van der Waals surface area contributed by atoms with E-state index in [-0.39, 0.29) is 41.5 Å². The Bertz CT molecular complexity index is 929. The number of nitrogens with zero attached hydrogens (tertiary/aromatic N) is 5. The van der Waals surface area contributed by atoms with Crippen LogP contribution >= 0.6 is 0 Å².